The highest BCUT2D eigenvalue weighted by atomic mass is 35.5. The first kappa shape index (κ1) is 12.7. The van der Waals surface area contributed by atoms with E-state index in [1.54, 1.807) is 12.1 Å². The molecular formula is C15H13ClFN. The summed E-state index contributed by atoms with van der Waals surface area (Å²) in [6.07, 6.45) is 3.92. The zero-order chi connectivity index (χ0) is 12.8. The lowest BCUT2D eigenvalue weighted by atomic mass is 10.2. The molecule has 0 saturated carbocycles. The minimum atomic E-state index is -0.410. The second-order valence-electron chi connectivity index (χ2n) is 3.80. The van der Waals surface area contributed by atoms with Gasteiger partial charge in [-0.25, -0.2) is 4.39 Å². The van der Waals surface area contributed by atoms with Crippen LogP contribution in [0.2, 0.25) is 5.02 Å². The van der Waals surface area contributed by atoms with Crippen molar-refractivity contribution >= 4 is 23.4 Å². The van der Waals surface area contributed by atoms with Crippen molar-refractivity contribution in [3.8, 4) is 0 Å². The second kappa shape index (κ2) is 6.22. The molecule has 2 aromatic carbocycles. The summed E-state index contributed by atoms with van der Waals surface area (Å²) in [5.74, 6) is -0.410. The van der Waals surface area contributed by atoms with Crippen LogP contribution in [0.5, 0.6) is 0 Å². The lowest BCUT2D eigenvalue weighted by Gasteiger charge is -2.05. The van der Waals surface area contributed by atoms with Gasteiger partial charge in [0.05, 0.1) is 10.7 Å². The SMILES string of the molecule is Fc1c(Cl)cccc1NC/C=C/c1ccccc1. The first-order valence-electron chi connectivity index (χ1n) is 5.67. The van der Waals surface area contributed by atoms with Crippen LogP contribution in [-0.2, 0) is 0 Å². The van der Waals surface area contributed by atoms with Crippen molar-refractivity contribution in [1.82, 2.24) is 0 Å². The monoisotopic (exact) mass is 261 g/mol. The number of hydrogen-bond acceptors (Lipinski definition) is 1. The summed E-state index contributed by atoms with van der Waals surface area (Å²) >= 11 is 5.69. The summed E-state index contributed by atoms with van der Waals surface area (Å²) in [5.41, 5.74) is 1.53. The molecule has 0 heterocycles. The number of anilines is 1. The average molecular weight is 262 g/mol. The van der Waals surface area contributed by atoms with Crippen LogP contribution in [0.1, 0.15) is 5.56 Å². The minimum absolute atomic E-state index is 0.132. The third-order valence-corrected chi connectivity index (χ3v) is 2.76. The Morgan fingerprint density at radius 2 is 1.83 bits per heavy atom. The molecule has 0 fully saturated rings. The van der Waals surface area contributed by atoms with Crippen molar-refractivity contribution in [1.29, 1.82) is 0 Å². The molecule has 2 rings (SSSR count). The fourth-order valence-corrected chi connectivity index (χ4v) is 1.74. The highest BCUT2D eigenvalue weighted by Gasteiger charge is 2.03. The Morgan fingerprint density at radius 1 is 1.06 bits per heavy atom. The van der Waals surface area contributed by atoms with Crippen molar-refractivity contribution < 1.29 is 4.39 Å². The van der Waals surface area contributed by atoms with Crippen molar-refractivity contribution in [2.45, 2.75) is 0 Å². The molecule has 0 amide bonds. The highest BCUT2D eigenvalue weighted by molar-refractivity contribution is 6.31. The Bertz CT molecular complexity index is 537. The van der Waals surface area contributed by atoms with Gasteiger partial charge in [-0.15, -0.1) is 0 Å². The maximum atomic E-state index is 13.5. The van der Waals surface area contributed by atoms with Gasteiger partial charge >= 0.3 is 0 Å². The normalized spacial score (nSPS) is 10.8. The van der Waals surface area contributed by atoms with Crippen LogP contribution in [-0.4, -0.2) is 6.54 Å². The van der Waals surface area contributed by atoms with Gasteiger partial charge in [0.2, 0.25) is 0 Å². The molecule has 3 heteroatoms. The van der Waals surface area contributed by atoms with Gasteiger partial charge in [-0.05, 0) is 17.7 Å². The number of benzene rings is 2. The smallest absolute Gasteiger partial charge is 0.164 e. The Hall–Kier alpha value is -1.80. The van der Waals surface area contributed by atoms with Gasteiger partial charge in [0, 0.05) is 6.54 Å². The van der Waals surface area contributed by atoms with Crippen molar-refractivity contribution in [3.05, 3.63) is 71.0 Å². The van der Waals surface area contributed by atoms with E-state index in [0.717, 1.165) is 5.56 Å². The molecule has 0 atom stereocenters. The predicted octanol–water partition coefficient (Wildman–Crippen LogP) is 4.60. The van der Waals surface area contributed by atoms with Crippen LogP contribution in [0, 0.1) is 5.82 Å². The average Bonchev–Trinajstić information content (AvgIpc) is 2.40. The van der Waals surface area contributed by atoms with E-state index < -0.39 is 5.82 Å². The topological polar surface area (TPSA) is 12.0 Å². The zero-order valence-corrected chi connectivity index (χ0v) is 10.5. The van der Waals surface area contributed by atoms with E-state index in [1.807, 2.05) is 42.5 Å². The molecule has 0 aromatic heterocycles. The molecule has 0 aliphatic rings. The Labute approximate surface area is 111 Å². The molecule has 18 heavy (non-hydrogen) atoms. The molecule has 0 aliphatic carbocycles. The fourth-order valence-electron chi connectivity index (χ4n) is 1.57. The summed E-state index contributed by atoms with van der Waals surface area (Å²) in [7, 11) is 0. The zero-order valence-electron chi connectivity index (χ0n) is 9.74. The van der Waals surface area contributed by atoms with Gasteiger partial charge in [-0.2, -0.15) is 0 Å². The summed E-state index contributed by atoms with van der Waals surface area (Å²) in [6.45, 7) is 0.548. The molecule has 0 spiro atoms. The maximum Gasteiger partial charge on any atom is 0.164 e. The van der Waals surface area contributed by atoms with E-state index in [0.29, 0.717) is 12.2 Å². The lowest BCUT2D eigenvalue weighted by molar-refractivity contribution is 0.631. The van der Waals surface area contributed by atoms with Gasteiger partial charge in [0.25, 0.3) is 0 Å². The van der Waals surface area contributed by atoms with Crippen LogP contribution in [0.3, 0.4) is 0 Å². The number of nitrogens with one attached hydrogen (secondary N) is 1. The van der Waals surface area contributed by atoms with Crippen molar-refractivity contribution in [2.24, 2.45) is 0 Å². The van der Waals surface area contributed by atoms with Crippen molar-refractivity contribution in [3.63, 3.8) is 0 Å². The maximum absolute atomic E-state index is 13.5. The standard InChI is InChI=1S/C15H13ClFN/c16-13-9-4-10-14(15(13)17)18-11-5-8-12-6-2-1-3-7-12/h1-10,18H,11H2/b8-5+. The summed E-state index contributed by atoms with van der Waals surface area (Å²) in [4.78, 5) is 0. The van der Waals surface area contributed by atoms with Gasteiger partial charge in [-0.1, -0.05) is 60.2 Å². The van der Waals surface area contributed by atoms with E-state index in [9.17, 15) is 4.39 Å². The van der Waals surface area contributed by atoms with Gasteiger partial charge < -0.3 is 5.32 Å². The summed E-state index contributed by atoms with van der Waals surface area (Å²) < 4.78 is 13.5. The van der Waals surface area contributed by atoms with E-state index >= 15 is 0 Å². The fraction of sp³-hybridized carbons (Fsp3) is 0.0667. The van der Waals surface area contributed by atoms with Crippen LogP contribution in [0.25, 0.3) is 6.08 Å². The molecule has 1 N–H and O–H groups in total. The summed E-state index contributed by atoms with van der Waals surface area (Å²) in [6, 6.07) is 14.9. The van der Waals surface area contributed by atoms with E-state index in [-0.39, 0.29) is 5.02 Å². The predicted molar refractivity (Wildman–Crippen MR) is 75.4 cm³/mol. The largest absolute Gasteiger partial charge is 0.379 e. The van der Waals surface area contributed by atoms with E-state index in [1.165, 1.54) is 6.07 Å². The van der Waals surface area contributed by atoms with Crippen LogP contribution in [0.4, 0.5) is 10.1 Å². The number of rotatable bonds is 4. The van der Waals surface area contributed by atoms with Gasteiger partial charge in [0.1, 0.15) is 0 Å². The molecule has 2 aromatic rings. The Kier molecular flexibility index (Phi) is 4.37. The van der Waals surface area contributed by atoms with Gasteiger partial charge in [0.15, 0.2) is 5.82 Å². The molecule has 0 unspecified atom stereocenters. The molecule has 1 nitrogen and oxygen atoms in total. The molecule has 0 saturated heterocycles. The van der Waals surface area contributed by atoms with Gasteiger partial charge in [-0.3, -0.25) is 0 Å². The number of halogens is 2. The summed E-state index contributed by atoms with van der Waals surface area (Å²) in [5, 5.41) is 3.11. The number of hydrogen-bond donors (Lipinski definition) is 1. The van der Waals surface area contributed by atoms with E-state index in [2.05, 4.69) is 5.32 Å². The third-order valence-electron chi connectivity index (χ3n) is 2.47. The Balaban J connectivity index is 1.93. The quantitative estimate of drug-likeness (QED) is 0.848. The molecule has 92 valence electrons. The van der Waals surface area contributed by atoms with Crippen LogP contribution < -0.4 is 5.32 Å². The molecule has 0 aliphatic heterocycles. The molecule has 0 radical (unpaired) electrons. The first-order valence-corrected chi connectivity index (χ1v) is 6.04. The van der Waals surface area contributed by atoms with Crippen LogP contribution in [0.15, 0.2) is 54.6 Å². The Morgan fingerprint density at radius 3 is 2.61 bits per heavy atom. The first-order chi connectivity index (χ1) is 8.77. The molecular weight excluding hydrogens is 249 g/mol. The van der Waals surface area contributed by atoms with Crippen LogP contribution >= 0.6 is 11.6 Å². The minimum Gasteiger partial charge on any atom is -0.379 e. The third kappa shape index (κ3) is 3.34. The molecule has 0 bridgehead atoms. The highest BCUT2D eigenvalue weighted by Crippen LogP contribution is 2.21. The second-order valence-corrected chi connectivity index (χ2v) is 4.20. The van der Waals surface area contributed by atoms with Crippen molar-refractivity contribution in [2.75, 3.05) is 11.9 Å². The van der Waals surface area contributed by atoms with E-state index in [4.69, 9.17) is 11.6 Å². The lowest BCUT2D eigenvalue weighted by Crippen LogP contribution is -2.00.